The minimum Gasteiger partial charge on any atom is -0.480 e. The fourth-order valence-corrected chi connectivity index (χ4v) is 2.38. The summed E-state index contributed by atoms with van der Waals surface area (Å²) in [5, 5.41) is 12.7. The van der Waals surface area contributed by atoms with Crippen LogP contribution in [0.1, 0.15) is 33.1 Å². The average Bonchev–Trinajstić information content (AvgIpc) is 2.96. The number of aliphatic carboxylic acids is 1. The van der Waals surface area contributed by atoms with Crippen molar-refractivity contribution in [3.8, 4) is 0 Å². The summed E-state index contributed by atoms with van der Waals surface area (Å²) >= 11 is 0. The molecule has 1 saturated carbocycles. The summed E-state index contributed by atoms with van der Waals surface area (Å²) in [5.74, 6) is -0.192. The van der Waals surface area contributed by atoms with E-state index < -0.39 is 11.5 Å². The highest BCUT2D eigenvalue weighted by molar-refractivity contribution is 5.79. The highest BCUT2D eigenvalue weighted by Crippen LogP contribution is 2.33. The fraction of sp³-hybridized carbons (Fsp3) is 0.917. The van der Waals surface area contributed by atoms with Crippen molar-refractivity contribution in [1.82, 2.24) is 10.2 Å². The van der Waals surface area contributed by atoms with Crippen LogP contribution in [-0.4, -0.2) is 47.2 Å². The van der Waals surface area contributed by atoms with Gasteiger partial charge in [-0.05, 0) is 31.7 Å². The third-order valence-corrected chi connectivity index (χ3v) is 3.62. The van der Waals surface area contributed by atoms with Crippen LogP contribution in [0.15, 0.2) is 0 Å². The van der Waals surface area contributed by atoms with E-state index in [1.807, 2.05) is 0 Å². The number of likely N-dealkylation sites (tertiary alicyclic amines) is 1. The second kappa shape index (κ2) is 4.34. The van der Waals surface area contributed by atoms with Crippen LogP contribution in [0.2, 0.25) is 0 Å². The zero-order chi connectivity index (χ0) is 11.8. The normalized spacial score (nSPS) is 31.2. The molecule has 92 valence electrons. The van der Waals surface area contributed by atoms with E-state index in [-0.39, 0.29) is 0 Å². The predicted octanol–water partition coefficient (Wildman–Crippen LogP) is 0.923. The molecule has 2 fully saturated rings. The molecule has 2 aliphatic rings. The number of rotatable bonds is 5. The molecule has 0 amide bonds. The summed E-state index contributed by atoms with van der Waals surface area (Å²) in [7, 11) is 0. The van der Waals surface area contributed by atoms with Crippen LogP contribution >= 0.6 is 0 Å². The number of carboxylic acids is 1. The number of carboxylic acid groups (broad SMARTS) is 1. The molecule has 4 heteroatoms. The maximum atomic E-state index is 11.4. The first-order chi connectivity index (χ1) is 7.53. The van der Waals surface area contributed by atoms with Crippen molar-refractivity contribution in [2.45, 2.75) is 44.7 Å². The molecule has 1 heterocycles. The standard InChI is InChI=1S/C12H22N2O2/c1-9(2)7-13-12(11(15)16)5-6-14(8-12)10-3-4-10/h9-10,13H,3-8H2,1-2H3,(H,15,16). The third kappa shape index (κ3) is 2.38. The molecule has 0 aromatic rings. The first-order valence-electron chi connectivity index (χ1n) is 6.26. The first-order valence-corrected chi connectivity index (χ1v) is 6.26. The van der Waals surface area contributed by atoms with Gasteiger partial charge in [-0.2, -0.15) is 0 Å². The molecule has 1 atom stereocenters. The van der Waals surface area contributed by atoms with E-state index in [1.54, 1.807) is 0 Å². The Bertz CT molecular complexity index is 276. The lowest BCUT2D eigenvalue weighted by Gasteiger charge is -2.27. The Balaban J connectivity index is 1.96. The molecule has 0 spiro atoms. The van der Waals surface area contributed by atoms with Crippen LogP contribution in [0.25, 0.3) is 0 Å². The summed E-state index contributed by atoms with van der Waals surface area (Å²) in [6, 6.07) is 0.669. The molecule has 1 aliphatic heterocycles. The van der Waals surface area contributed by atoms with Gasteiger partial charge in [0.25, 0.3) is 0 Å². The highest BCUT2D eigenvalue weighted by atomic mass is 16.4. The Kier molecular flexibility index (Phi) is 3.22. The van der Waals surface area contributed by atoms with Gasteiger partial charge in [-0.25, -0.2) is 0 Å². The first kappa shape index (κ1) is 11.9. The van der Waals surface area contributed by atoms with Crippen molar-refractivity contribution < 1.29 is 9.90 Å². The van der Waals surface area contributed by atoms with Gasteiger partial charge in [0, 0.05) is 19.1 Å². The molecule has 4 nitrogen and oxygen atoms in total. The molecule has 1 saturated heterocycles. The van der Waals surface area contributed by atoms with E-state index in [2.05, 4.69) is 24.1 Å². The monoisotopic (exact) mass is 226 g/mol. The molecule has 2 rings (SSSR count). The van der Waals surface area contributed by atoms with Crippen LogP contribution in [0, 0.1) is 5.92 Å². The Morgan fingerprint density at radius 1 is 1.56 bits per heavy atom. The lowest BCUT2D eigenvalue weighted by Crippen LogP contribution is -2.55. The van der Waals surface area contributed by atoms with Crippen LogP contribution in [0.5, 0.6) is 0 Å². The van der Waals surface area contributed by atoms with Crippen LogP contribution < -0.4 is 5.32 Å². The van der Waals surface area contributed by atoms with E-state index >= 15 is 0 Å². The number of hydrogen-bond donors (Lipinski definition) is 2. The SMILES string of the molecule is CC(C)CNC1(C(=O)O)CCN(C2CC2)C1. The molecule has 1 aliphatic carbocycles. The fourth-order valence-electron chi connectivity index (χ4n) is 2.38. The summed E-state index contributed by atoms with van der Waals surface area (Å²) in [6.07, 6.45) is 3.24. The van der Waals surface area contributed by atoms with Crippen molar-refractivity contribution in [2.75, 3.05) is 19.6 Å². The average molecular weight is 226 g/mol. The molecule has 0 radical (unpaired) electrons. The zero-order valence-corrected chi connectivity index (χ0v) is 10.2. The van der Waals surface area contributed by atoms with Gasteiger partial charge in [0.05, 0.1) is 0 Å². The molecular weight excluding hydrogens is 204 g/mol. The predicted molar refractivity (Wildman–Crippen MR) is 62.4 cm³/mol. The highest BCUT2D eigenvalue weighted by Gasteiger charge is 2.47. The molecule has 0 aromatic heterocycles. The smallest absolute Gasteiger partial charge is 0.325 e. The maximum absolute atomic E-state index is 11.4. The van der Waals surface area contributed by atoms with Gasteiger partial charge in [-0.3, -0.25) is 9.69 Å². The van der Waals surface area contributed by atoms with E-state index in [9.17, 15) is 9.90 Å². The maximum Gasteiger partial charge on any atom is 0.325 e. The van der Waals surface area contributed by atoms with Crippen molar-refractivity contribution in [3.05, 3.63) is 0 Å². The van der Waals surface area contributed by atoms with Gasteiger partial charge < -0.3 is 10.4 Å². The minimum absolute atomic E-state index is 0.492. The summed E-state index contributed by atoms with van der Waals surface area (Å²) in [4.78, 5) is 13.8. The molecule has 0 aromatic carbocycles. The Morgan fingerprint density at radius 3 is 2.75 bits per heavy atom. The molecular formula is C12H22N2O2. The number of hydrogen-bond acceptors (Lipinski definition) is 3. The lowest BCUT2D eigenvalue weighted by atomic mass is 9.98. The number of carbonyl (C=O) groups is 1. The second-order valence-corrected chi connectivity index (χ2v) is 5.61. The van der Waals surface area contributed by atoms with E-state index in [4.69, 9.17) is 0 Å². The number of nitrogens with zero attached hydrogens (tertiary/aromatic N) is 1. The van der Waals surface area contributed by atoms with Crippen LogP contribution in [0.4, 0.5) is 0 Å². The van der Waals surface area contributed by atoms with Gasteiger partial charge in [-0.15, -0.1) is 0 Å². The van der Waals surface area contributed by atoms with E-state index in [0.29, 0.717) is 18.5 Å². The van der Waals surface area contributed by atoms with Crippen molar-refractivity contribution in [1.29, 1.82) is 0 Å². The van der Waals surface area contributed by atoms with Crippen LogP contribution in [0.3, 0.4) is 0 Å². The number of nitrogens with one attached hydrogen (secondary N) is 1. The quantitative estimate of drug-likeness (QED) is 0.732. The summed E-state index contributed by atoms with van der Waals surface area (Å²) < 4.78 is 0. The molecule has 2 N–H and O–H groups in total. The third-order valence-electron chi connectivity index (χ3n) is 3.62. The molecule has 1 unspecified atom stereocenters. The minimum atomic E-state index is -0.688. The Morgan fingerprint density at radius 2 is 2.25 bits per heavy atom. The van der Waals surface area contributed by atoms with Crippen LogP contribution in [-0.2, 0) is 4.79 Å². The Hall–Kier alpha value is -0.610. The van der Waals surface area contributed by atoms with E-state index in [0.717, 1.165) is 19.5 Å². The van der Waals surface area contributed by atoms with E-state index in [1.165, 1.54) is 12.8 Å². The van der Waals surface area contributed by atoms with Crippen molar-refractivity contribution in [2.24, 2.45) is 5.92 Å². The summed E-state index contributed by atoms with van der Waals surface area (Å²) in [6.45, 7) is 6.61. The van der Waals surface area contributed by atoms with Gasteiger partial charge in [-0.1, -0.05) is 13.8 Å². The van der Waals surface area contributed by atoms with Gasteiger partial charge in [0.1, 0.15) is 5.54 Å². The lowest BCUT2D eigenvalue weighted by molar-refractivity contribution is -0.144. The molecule has 16 heavy (non-hydrogen) atoms. The van der Waals surface area contributed by atoms with Crippen molar-refractivity contribution in [3.63, 3.8) is 0 Å². The summed E-state index contributed by atoms with van der Waals surface area (Å²) in [5.41, 5.74) is -0.688. The topological polar surface area (TPSA) is 52.6 Å². The largest absolute Gasteiger partial charge is 0.480 e. The molecule has 0 bridgehead atoms. The van der Waals surface area contributed by atoms with Gasteiger partial charge in [0.15, 0.2) is 0 Å². The van der Waals surface area contributed by atoms with Gasteiger partial charge >= 0.3 is 5.97 Å². The second-order valence-electron chi connectivity index (χ2n) is 5.61. The Labute approximate surface area is 97.0 Å². The van der Waals surface area contributed by atoms with Gasteiger partial charge in [0.2, 0.25) is 0 Å². The van der Waals surface area contributed by atoms with Crippen molar-refractivity contribution >= 4 is 5.97 Å². The zero-order valence-electron chi connectivity index (χ0n) is 10.2.